The van der Waals surface area contributed by atoms with Crippen molar-refractivity contribution in [3.8, 4) is 0 Å². The molecule has 0 aromatic rings. The lowest BCUT2D eigenvalue weighted by molar-refractivity contribution is -0.0758. The zero-order chi connectivity index (χ0) is 12.1. The van der Waals surface area contributed by atoms with Gasteiger partial charge in [0.1, 0.15) is 0 Å². The van der Waals surface area contributed by atoms with Crippen molar-refractivity contribution in [2.24, 2.45) is 17.2 Å². The third kappa shape index (κ3) is 2.54. The van der Waals surface area contributed by atoms with E-state index in [2.05, 4.69) is 53.5 Å². The molecule has 90 valence electrons. The molecule has 0 atom stereocenters. The average molecular weight is 212 g/mol. The molecule has 0 saturated carbocycles. The summed E-state index contributed by atoms with van der Waals surface area (Å²) in [6, 6.07) is 0. The van der Waals surface area contributed by atoms with Gasteiger partial charge in [-0.25, -0.2) is 5.01 Å². The summed E-state index contributed by atoms with van der Waals surface area (Å²) >= 11 is 0. The summed E-state index contributed by atoms with van der Waals surface area (Å²) < 4.78 is 0. The molecule has 0 bridgehead atoms. The fraction of sp³-hybridized carbons (Fsp3) is 1.00. The van der Waals surface area contributed by atoms with Gasteiger partial charge >= 0.3 is 0 Å². The second-order valence-electron chi connectivity index (χ2n) is 7.47. The van der Waals surface area contributed by atoms with Crippen molar-refractivity contribution in [3.63, 3.8) is 0 Å². The van der Waals surface area contributed by atoms with Crippen LogP contribution in [0.3, 0.4) is 0 Å². The highest BCUT2D eigenvalue weighted by Crippen LogP contribution is 2.45. The van der Waals surface area contributed by atoms with Gasteiger partial charge in [-0.1, -0.05) is 20.8 Å². The van der Waals surface area contributed by atoms with Crippen LogP contribution in [0.1, 0.15) is 61.3 Å². The van der Waals surface area contributed by atoms with Gasteiger partial charge in [0.25, 0.3) is 0 Å². The van der Waals surface area contributed by atoms with E-state index in [0.29, 0.717) is 5.41 Å². The maximum atomic E-state index is 6.23. The van der Waals surface area contributed by atoms with Crippen LogP contribution in [0.15, 0.2) is 0 Å². The molecular formula is C13H28N2. The van der Waals surface area contributed by atoms with Gasteiger partial charge in [0.15, 0.2) is 0 Å². The monoisotopic (exact) mass is 212 g/mol. The summed E-state index contributed by atoms with van der Waals surface area (Å²) in [4.78, 5) is 0. The Morgan fingerprint density at radius 3 is 1.60 bits per heavy atom. The number of piperidine rings is 1. The van der Waals surface area contributed by atoms with E-state index in [1.807, 2.05) is 0 Å². The van der Waals surface area contributed by atoms with Crippen LogP contribution in [0.2, 0.25) is 0 Å². The molecule has 15 heavy (non-hydrogen) atoms. The number of nitrogens with zero attached hydrogens (tertiary/aromatic N) is 1. The van der Waals surface area contributed by atoms with Crippen LogP contribution < -0.4 is 5.84 Å². The SMILES string of the molecule is CC(C)(C)C1CC(C)(C)N(N)C(C)(C)C1. The molecule has 1 aliphatic heterocycles. The first-order chi connectivity index (χ1) is 6.47. The summed E-state index contributed by atoms with van der Waals surface area (Å²) in [5.74, 6) is 6.98. The fourth-order valence-electron chi connectivity index (χ4n) is 2.91. The predicted octanol–water partition coefficient (Wildman–Crippen LogP) is 3.18. The van der Waals surface area contributed by atoms with Gasteiger partial charge < -0.3 is 0 Å². The molecule has 0 radical (unpaired) electrons. The summed E-state index contributed by atoms with van der Waals surface area (Å²) in [5, 5.41) is 2.06. The fourth-order valence-corrected chi connectivity index (χ4v) is 2.91. The molecule has 2 N–H and O–H groups in total. The number of rotatable bonds is 0. The number of hydrogen-bond acceptors (Lipinski definition) is 2. The molecule has 0 aromatic carbocycles. The highest BCUT2D eigenvalue weighted by Gasteiger charge is 2.46. The van der Waals surface area contributed by atoms with Crippen molar-refractivity contribution < 1.29 is 0 Å². The Morgan fingerprint density at radius 2 is 1.33 bits per heavy atom. The van der Waals surface area contributed by atoms with Gasteiger partial charge in [0, 0.05) is 11.1 Å². The van der Waals surface area contributed by atoms with Crippen LogP contribution in [0.25, 0.3) is 0 Å². The second kappa shape index (κ2) is 3.46. The molecule has 2 heteroatoms. The molecule has 0 amide bonds. The highest BCUT2D eigenvalue weighted by atomic mass is 15.5. The van der Waals surface area contributed by atoms with E-state index in [9.17, 15) is 0 Å². The maximum Gasteiger partial charge on any atom is 0.0304 e. The number of hydrogen-bond donors (Lipinski definition) is 1. The molecule has 0 aromatic heterocycles. The summed E-state index contributed by atoms with van der Waals surface area (Å²) in [6.45, 7) is 16.1. The van der Waals surface area contributed by atoms with Crippen LogP contribution in [-0.2, 0) is 0 Å². The Balaban J connectivity index is 2.94. The first-order valence-electron chi connectivity index (χ1n) is 6.02. The molecule has 1 rings (SSSR count). The molecule has 1 heterocycles. The summed E-state index contributed by atoms with van der Waals surface area (Å²) in [7, 11) is 0. The van der Waals surface area contributed by atoms with E-state index in [0.717, 1.165) is 5.92 Å². The Morgan fingerprint density at radius 1 is 1.00 bits per heavy atom. The van der Waals surface area contributed by atoms with Gasteiger partial charge in [-0.15, -0.1) is 0 Å². The Labute approximate surface area is 95.2 Å². The lowest BCUT2D eigenvalue weighted by atomic mass is 9.65. The van der Waals surface area contributed by atoms with Crippen LogP contribution in [-0.4, -0.2) is 16.1 Å². The minimum atomic E-state index is 0.111. The molecule has 1 fully saturated rings. The van der Waals surface area contributed by atoms with Crippen LogP contribution >= 0.6 is 0 Å². The highest BCUT2D eigenvalue weighted by molar-refractivity contribution is 4.99. The van der Waals surface area contributed by atoms with Gasteiger partial charge in [-0.05, 0) is 51.9 Å². The second-order valence-corrected chi connectivity index (χ2v) is 7.47. The summed E-state index contributed by atoms with van der Waals surface area (Å²) in [5.41, 5.74) is 0.606. The Hall–Kier alpha value is -0.0800. The van der Waals surface area contributed by atoms with Crippen molar-refractivity contribution in [1.82, 2.24) is 5.01 Å². The first-order valence-corrected chi connectivity index (χ1v) is 6.02. The van der Waals surface area contributed by atoms with E-state index < -0.39 is 0 Å². The van der Waals surface area contributed by atoms with Gasteiger partial charge in [0.2, 0.25) is 0 Å². The normalized spacial score (nSPS) is 28.0. The Kier molecular flexibility index (Phi) is 2.99. The zero-order valence-corrected chi connectivity index (χ0v) is 11.5. The topological polar surface area (TPSA) is 29.3 Å². The van der Waals surface area contributed by atoms with E-state index in [4.69, 9.17) is 5.84 Å². The Bertz CT molecular complexity index is 217. The smallest absolute Gasteiger partial charge is 0.0304 e. The van der Waals surface area contributed by atoms with Crippen molar-refractivity contribution in [2.45, 2.75) is 72.4 Å². The van der Waals surface area contributed by atoms with Gasteiger partial charge in [-0.3, -0.25) is 5.84 Å². The van der Waals surface area contributed by atoms with E-state index in [1.54, 1.807) is 0 Å². The lowest BCUT2D eigenvalue weighted by Crippen LogP contribution is -2.64. The van der Waals surface area contributed by atoms with Crippen molar-refractivity contribution >= 4 is 0 Å². The first kappa shape index (κ1) is 13.0. The molecule has 2 nitrogen and oxygen atoms in total. The standard InChI is InChI=1S/C13H28N2/c1-11(2,3)10-8-12(4,5)15(14)13(6,7)9-10/h10H,8-9,14H2,1-7H3. The molecule has 0 aliphatic carbocycles. The van der Waals surface area contributed by atoms with E-state index in [1.165, 1.54) is 12.8 Å². The average Bonchev–Trinajstić information content (AvgIpc) is 1.97. The van der Waals surface area contributed by atoms with Crippen LogP contribution in [0.5, 0.6) is 0 Å². The minimum Gasteiger partial charge on any atom is -0.268 e. The molecule has 1 aliphatic rings. The third-order valence-electron chi connectivity index (χ3n) is 4.02. The predicted molar refractivity (Wildman–Crippen MR) is 66.4 cm³/mol. The molecule has 0 unspecified atom stereocenters. The van der Waals surface area contributed by atoms with Crippen molar-refractivity contribution in [1.29, 1.82) is 0 Å². The largest absolute Gasteiger partial charge is 0.268 e. The van der Waals surface area contributed by atoms with Crippen molar-refractivity contribution in [3.05, 3.63) is 0 Å². The quantitative estimate of drug-likeness (QED) is 0.625. The minimum absolute atomic E-state index is 0.111. The number of nitrogens with two attached hydrogens (primary N) is 1. The van der Waals surface area contributed by atoms with E-state index >= 15 is 0 Å². The van der Waals surface area contributed by atoms with E-state index in [-0.39, 0.29) is 11.1 Å². The van der Waals surface area contributed by atoms with Gasteiger partial charge in [-0.2, -0.15) is 0 Å². The van der Waals surface area contributed by atoms with Crippen LogP contribution in [0, 0.1) is 11.3 Å². The third-order valence-corrected chi connectivity index (χ3v) is 4.02. The molecule has 1 saturated heterocycles. The number of hydrazine groups is 1. The summed E-state index contributed by atoms with van der Waals surface area (Å²) in [6.07, 6.45) is 2.38. The lowest BCUT2D eigenvalue weighted by Gasteiger charge is -2.55. The van der Waals surface area contributed by atoms with Crippen molar-refractivity contribution in [2.75, 3.05) is 0 Å². The van der Waals surface area contributed by atoms with Gasteiger partial charge in [0.05, 0.1) is 0 Å². The van der Waals surface area contributed by atoms with Crippen LogP contribution in [0.4, 0.5) is 0 Å². The maximum absolute atomic E-state index is 6.23. The molecule has 0 spiro atoms. The molecular weight excluding hydrogens is 184 g/mol. The zero-order valence-electron chi connectivity index (χ0n) is 11.5.